The van der Waals surface area contributed by atoms with E-state index >= 15 is 0 Å². The molecule has 0 aliphatic heterocycles. The average molecular weight is 403 g/mol. The summed E-state index contributed by atoms with van der Waals surface area (Å²) in [5.41, 5.74) is 0.104. The van der Waals surface area contributed by atoms with Crippen molar-refractivity contribution in [2.75, 3.05) is 0 Å². The number of hydrogen-bond acceptors (Lipinski definition) is 4. The Labute approximate surface area is 152 Å². The first kappa shape index (κ1) is 18.8. The number of rotatable bonds is 4. The molecule has 1 heterocycles. The molecule has 0 radical (unpaired) electrons. The number of nitrogens with one attached hydrogen (secondary N) is 1. The van der Waals surface area contributed by atoms with Crippen LogP contribution >= 0.6 is 11.5 Å². The molecule has 5 nitrogen and oxygen atoms in total. The highest BCUT2D eigenvalue weighted by Gasteiger charge is 2.30. The zero-order valence-electron chi connectivity index (χ0n) is 13.3. The molecule has 0 saturated heterocycles. The van der Waals surface area contributed by atoms with Crippen LogP contribution in [0.5, 0.6) is 5.75 Å². The summed E-state index contributed by atoms with van der Waals surface area (Å²) in [6, 6.07) is 7.98. The van der Waals surface area contributed by atoms with Crippen molar-refractivity contribution in [1.82, 2.24) is 8.94 Å². The fourth-order valence-electron chi connectivity index (χ4n) is 2.16. The summed E-state index contributed by atoms with van der Waals surface area (Å²) in [6.45, 7) is -0.0653. The molecule has 2 aromatic carbocycles. The van der Waals surface area contributed by atoms with Gasteiger partial charge in [-0.1, -0.05) is 6.07 Å². The van der Waals surface area contributed by atoms with Crippen LogP contribution in [0, 0.1) is 11.6 Å². The van der Waals surface area contributed by atoms with Gasteiger partial charge in [-0.15, -0.1) is 13.2 Å². The molecular formula is C16H10F5N3O2S. The molecule has 0 unspecified atom stereocenters. The quantitative estimate of drug-likeness (QED) is 0.676. The first-order chi connectivity index (χ1) is 12.7. The second-order valence-corrected chi connectivity index (χ2v) is 6.05. The Balaban J connectivity index is 1.89. The van der Waals surface area contributed by atoms with Crippen LogP contribution < -0.4 is 15.2 Å². The van der Waals surface area contributed by atoms with Crippen LogP contribution in [0.15, 0.2) is 52.3 Å². The van der Waals surface area contributed by atoms with Gasteiger partial charge in [-0.05, 0) is 53.5 Å². The van der Waals surface area contributed by atoms with E-state index in [2.05, 4.69) is 14.1 Å². The molecule has 0 spiro atoms. The molecular weight excluding hydrogens is 393 g/mol. The van der Waals surface area contributed by atoms with Crippen LogP contribution in [0.25, 0.3) is 0 Å². The van der Waals surface area contributed by atoms with Crippen molar-refractivity contribution in [1.29, 1.82) is 0 Å². The molecule has 27 heavy (non-hydrogen) atoms. The Morgan fingerprint density at radius 2 is 1.78 bits per heavy atom. The van der Waals surface area contributed by atoms with Gasteiger partial charge in [-0.25, -0.2) is 18.6 Å². The number of alkyl halides is 3. The number of aromatic nitrogens is 2. The maximum atomic E-state index is 13.3. The number of benzene rings is 2. The largest absolute Gasteiger partial charge is 0.573 e. The zero-order valence-corrected chi connectivity index (χ0v) is 14.1. The fourth-order valence-corrected chi connectivity index (χ4v) is 2.86. The van der Waals surface area contributed by atoms with E-state index in [0.29, 0.717) is 5.56 Å². The number of H-pyrrole nitrogens is 1. The van der Waals surface area contributed by atoms with Crippen LogP contribution in [-0.4, -0.2) is 15.3 Å². The van der Waals surface area contributed by atoms with Gasteiger partial charge in [-0.2, -0.15) is 0 Å². The number of halogens is 5. The lowest BCUT2D eigenvalue weighted by Gasteiger charge is -2.08. The first-order valence-electron chi connectivity index (χ1n) is 7.34. The van der Waals surface area contributed by atoms with Crippen molar-refractivity contribution in [2.24, 2.45) is 4.99 Å². The van der Waals surface area contributed by atoms with Gasteiger partial charge < -0.3 is 4.74 Å². The van der Waals surface area contributed by atoms with E-state index in [1.165, 1.54) is 22.8 Å². The third-order valence-corrected chi connectivity index (χ3v) is 4.10. The second kappa shape index (κ2) is 7.35. The minimum Gasteiger partial charge on any atom is -0.406 e. The first-order valence-corrected chi connectivity index (χ1v) is 8.16. The van der Waals surface area contributed by atoms with Gasteiger partial charge in [-0.3, -0.25) is 8.94 Å². The van der Waals surface area contributed by atoms with Gasteiger partial charge in [0.25, 0.3) is 0 Å². The van der Waals surface area contributed by atoms with Gasteiger partial charge in [0, 0.05) is 0 Å². The van der Waals surface area contributed by atoms with Gasteiger partial charge in [0.15, 0.2) is 11.6 Å². The van der Waals surface area contributed by atoms with Crippen molar-refractivity contribution >= 4 is 17.2 Å². The molecule has 1 N–H and O–H groups in total. The summed E-state index contributed by atoms with van der Waals surface area (Å²) in [7, 11) is 0. The Morgan fingerprint density at radius 3 is 2.41 bits per heavy atom. The zero-order chi connectivity index (χ0) is 19.6. The molecule has 142 valence electrons. The lowest BCUT2D eigenvalue weighted by molar-refractivity contribution is -0.274. The summed E-state index contributed by atoms with van der Waals surface area (Å²) >= 11 is 0.892. The number of aromatic amines is 1. The van der Waals surface area contributed by atoms with E-state index in [0.717, 1.165) is 35.8 Å². The van der Waals surface area contributed by atoms with Crippen molar-refractivity contribution in [3.8, 4) is 5.75 Å². The van der Waals surface area contributed by atoms with Crippen LogP contribution in [0.1, 0.15) is 5.56 Å². The molecule has 0 bridgehead atoms. The normalized spacial score (nSPS) is 12.4. The second-order valence-electron chi connectivity index (χ2n) is 5.28. The summed E-state index contributed by atoms with van der Waals surface area (Å²) in [6.07, 6.45) is -4.80. The third-order valence-electron chi connectivity index (χ3n) is 3.33. The predicted molar refractivity (Wildman–Crippen MR) is 86.7 cm³/mol. The minimum absolute atomic E-state index is 0.0653. The van der Waals surface area contributed by atoms with E-state index in [9.17, 15) is 26.7 Å². The van der Waals surface area contributed by atoms with E-state index < -0.39 is 29.4 Å². The predicted octanol–water partition coefficient (Wildman–Crippen LogP) is 3.70. The molecule has 0 fully saturated rings. The van der Waals surface area contributed by atoms with Crippen LogP contribution in [0.3, 0.4) is 0 Å². The molecule has 0 atom stereocenters. The smallest absolute Gasteiger partial charge is 0.406 e. The summed E-state index contributed by atoms with van der Waals surface area (Å²) in [4.78, 5) is 16.3. The molecule has 0 amide bonds. The Kier molecular flexibility index (Phi) is 5.13. The van der Waals surface area contributed by atoms with E-state index in [1.54, 1.807) is 0 Å². The Morgan fingerprint density at radius 1 is 1.07 bits per heavy atom. The highest BCUT2D eigenvalue weighted by Crippen LogP contribution is 2.24. The van der Waals surface area contributed by atoms with Crippen LogP contribution in [0.2, 0.25) is 0 Å². The monoisotopic (exact) mass is 403 g/mol. The maximum absolute atomic E-state index is 13.3. The van der Waals surface area contributed by atoms with Gasteiger partial charge in [0.2, 0.25) is 4.80 Å². The van der Waals surface area contributed by atoms with Crippen molar-refractivity contribution in [3.63, 3.8) is 0 Å². The molecule has 0 saturated carbocycles. The topological polar surface area (TPSA) is 59.4 Å². The lowest BCUT2D eigenvalue weighted by atomic mass is 10.2. The standard InChI is InChI=1S/C16H10F5N3O2S/c17-12-6-1-9(7-13(12)18)8-24-14(25)23-27-15(24)22-10-2-4-11(5-3-10)26-16(19,20)21/h1-7H,8H2,(H,23,25). The Bertz CT molecular complexity index is 1070. The highest BCUT2D eigenvalue weighted by molar-refractivity contribution is 7.02. The number of nitrogens with zero attached hydrogens (tertiary/aromatic N) is 2. The van der Waals surface area contributed by atoms with Gasteiger partial charge in [0.05, 0.1) is 12.2 Å². The molecule has 1 aromatic heterocycles. The van der Waals surface area contributed by atoms with Gasteiger partial charge in [0.1, 0.15) is 5.75 Å². The lowest BCUT2D eigenvalue weighted by Crippen LogP contribution is -2.27. The average Bonchev–Trinajstić information content (AvgIpc) is 2.92. The Hall–Kier alpha value is -2.95. The molecule has 3 rings (SSSR count). The SMILES string of the molecule is O=c1[nH]sc(=Nc2ccc(OC(F)(F)F)cc2)n1Cc1ccc(F)c(F)c1. The van der Waals surface area contributed by atoms with Gasteiger partial charge >= 0.3 is 12.1 Å². The molecule has 11 heteroatoms. The summed E-state index contributed by atoms with van der Waals surface area (Å²) < 4.78 is 70.3. The maximum Gasteiger partial charge on any atom is 0.573 e. The van der Waals surface area contributed by atoms with E-state index in [4.69, 9.17) is 0 Å². The third kappa shape index (κ3) is 4.82. The number of ether oxygens (including phenoxy) is 1. The molecule has 0 aliphatic carbocycles. The molecule has 0 aliphatic rings. The summed E-state index contributed by atoms with van der Waals surface area (Å²) in [5.74, 6) is -2.45. The minimum atomic E-state index is -4.80. The van der Waals surface area contributed by atoms with Crippen molar-refractivity contribution in [3.05, 3.63) is 74.9 Å². The van der Waals surface area contributed by atoms with E-state index in [1.807, 2.05) is 0 Å². The van der Waals surface area contributed by atoms with Crippen LogP contribution in [0.4, 0.5) is 27.6 Å². The van der Waals surface area contributed by atoms with E-state index in [-0.39, 0.29) is 17.0 Å². The molecule has 3 aromatic rings. The van der Waals surface area contributed by atoms with Crippen molar-refractivity contribution in [2.45, 2.75) is 12.9 Å². The van der Waals surface area contributed by atoms with Crippen LogP contribution in [-0.2, 0) is 6.54 Å². The van der Waals surface area contributed by atoms with Crippen molar-refractivity contribution < 1.29 is 26.7 Å². The summed E-state index contributed by atoms with van der Waals surface area (Å²) in [5, 5.41) is 0. The fraction of sp³-hybridized carbons (Fsp3) is 0.125. The number of hydrogen-bond donors (Lipinski definition) is 1. The highest BCUT2D eigenvalue weighted by atomic mass is 32.1.